The van der Waals surface area contributed by atoms with Crippen molar-refractivity contribution in [2.45, 2.75) is 70.4 Å². The first kappa shape index (κ1) is 22.8. The van der Waals surface area contributed by atoms with Gasteiger partial charge in [-0.05, 0) is 39.2 Å². The van der Waals surface area contributed by atoms with Gasteiger partial charge >= 0.3 is 6.09 Å². The van der Waals surface area contributed by atoms with Crippen molar-refractivity contribution in [2.75, 3.05) is 13.2 Å². The molecule has 172 valence electrons. The molecule has 4 atom stereocenters. The molecule has 0 aromatic heterocycles. The van der Waals surface area contributed by atoms with Crippen LogP contribution in [0.1, 0.15) is 51.0 Å². The van der Waals surface area contributed by atoms with Crippen LogP contribution in [0.5, 0.6) is 0 Å². The summed E-state index contributed by atoms with van der Waals surface area (Å²) in [6, 6.07) is 19.8. The van der Waals surface area contributed by atoms with Gasteiger partial charge < -0.3 is 18.9 Å². The minimum absolute atomic E-state index is 0.137. The zero-order valence-electron chi connectivity index (χ0n) is 19.1. The van der Waals surface area contributed by atoms with E-state index in [0.717, 1.165) is 17.5 Å². The lowest BCUT2D eigenvalue weighted by Gasteiger charge is -2.39. The quantitative estimate of drug-likeness (QED) is 0.650. The average Bonchev–Trinajstić information content (AvgIpc) is 3.22. The first-order valence-corrected chi connectivity index (χ1v) is 11.4. The summed E-state index contributed by atoms with van der Waals surface area (Å²) in [5.41, 5.74) is 1.52. The summed E-state index contributed by atoms with van der Waals surface area (Å²) in [5.74, 6) is 0. The van der Waals surface area contributed by atoms with E-state index in [2.05, 4.69) is 0 Å². The lowest BCUT2D eigenvalue weighted by atomic mass is 10.0. The summed E-state index contributed by atoms with van der Waals surface area (Å²) in [5, 5.41) is 0. The van der Waals surface area contributed by atoms with Crippen LogP contribution in [0.3, 0.4) is 0 Å². The van der Waals surface area contributed by atoms with Crippen LogP contribution in [-0.4, -0.2) is 48.0 Å². The Morgan fingerprint density at radius 2 is 1.72 bits per heavy atom. The Bertz CT molecular complexity index is 867. The Balaban J connectivity index is 1.52. The lowest BCUT2D eigenvalue weighted by Crippen LogP contribution is -2.52. The molecule has 6 nitrogen and oxygen atoms in total. The van der Waals surface area contributed by atoms with Crippen LogP contribution < -0.4 is 0 Å². The summed E-state index contributed by atoms with van der Waals surface area (Å²) in [7, 11) is 0. The number of carbonyl (C=O) groups is 1. The van der Waals surface area contributed by atoms with E-state index in [1.54, 1.807) is 4.90 Å². The lowest BCUT2D eigenvalue weighted by molar-refractivity contribution is -0.234. The van der Waals surface area contributed by atoms with Gasteiger partial charge in [0.05, 0.1) is 31.5 Å². The molecule has 0 unspecified atom stereocenters. The van der Waals surface area contributed by atoms with E-state index in [-0.39, 0.29) is 24.3 Å². The standard InChI is InChI=1S/C26H33NO5/c1-26(2,3)32-25(28)27-16-14-21(30-18-19-10-6-4-7-11-19)23(27)22-15-17-29-24(31-22)20-12-8-5-9-13-20/h4-13,21-24H,14-18H2,1-3H3/t21-,22+,23+,24+/m1/s1. The molecule has 0 radical (unpaired) electrons. The summed E-state index contributed by atoms with van der Waals surface area (Å²) in [6.45, 7) is 7.29. The normalized spacial score (nSPS) is 26.2. The van der Waals surface area contributed by atoms with Crippen LogP contribution in [0.2, 0.25) is 0 Å². The highest BCUT2D eigenvalue weighted by Crippen LogP contribution is 2.35. The molecule has 0 aliphatic carbocycles. The van der Waals surface area contributed by atoms with Gasteiger partial charge in [0.15, 0.2) is 6.29 Å². The van der Waals surface area contributed by atoms with E-state index >= 15 is 0 Å². The predicted octanol–water partition coefficient (Wildman–Crippen LogP) is 5.09. The van der Waals surface area contributed by atoms with Crippen molar-refractivity contribution in [1.29, 1.82) is 0 Å². The monoisotopic (exact) mass is 439 g/mol. The molecule has 6 heteroatoms. The molecule has 2 aliphatic heterocycles. The van der Waals surface area contributed by atoms with Gasteiger partial charge in [-0.15, -0.1) is 0 Å². The van der Waals surface area contributed by atoms with Gasteiger partial charge in [0.2, 0.25) is 0 Å². The third-order valence-electron chi connectivity index (χ3n) is 5.75. The number of benzene rings is 2. The van der Waals surface area contributed by atoms with Crippen LogP contribution in [0.15, 0.2) is 60.7 Å². The van der Waals surface area contributed by atoms with Gasteiger partial charge in [-0.3, -0.25) is 4.90 Å². The van der Waals surface area contributed by atoms with E-state index in [0.29, 0.717) is 26.2 Å². The number of amides is 1. The van der Waals surface area contributed by atoms with Crippen molar-refractivity contribution in [3.63, 3.8) is 0 Å². The third-order valence-corrected chi connectivity index (χ3v) is 5.75. The number of likely N-dealkylation sites (tertiary alicyclic amines) is 1. The zero-order chi connectivity index (χ0) is 22.6. The molecule has 4 rings (SSSR count). The average molecular weight is 440 g/mol. The molecule has 1 amide bonds. The number of carbonyl (C=O) groups excluding carboxylic acids is 1. The Morgan fingerprint density at radius 1 is 1.03 bits per heavy atom. The fraction of sp³-hybridized carbons (Fsp3) is 0.500. The summed E-state index contributed by atoms with van der Waals surface area (Å²) < 4.78 is 24.3. The van der Waals surface area contributed by atoms with E-state index in [4.69, 9.17) is 18.9 Å². The Morgan fingerprint density at radius 3 is 2.41 bits per heavy atom. The highest BCUT2D eigenvalue weighted by atomic mass is 16.7. The van der Waals surface area contributed by atoms with Crippen molar-refractivity contribution < 1.29 is 23.7 Å². The van der Waals surface area contributed by atoms with Gasteiger partial charge in [-0.1, -0.05) is 60.7 Å². The smallest absolute Gasteiger partial charge is 0.410 e. The van der Waals surface area contributed by atoms with E-state index in [1.165, 1.54) is 0 Å². The molecule has 2 aliphatic rings. The molecule has 2 heterocycles. The number of ether oxygens (including phenoxy) is 4. The molecular formula is C26H33NO5. The molecule has 2 saturated heterocycles. The van der Waals surface area contributed by atoms with Crippen LogP contribution in [0.4, 0.5) is 4.79 Å². The van der Waals surface area contributed by atoms with Gasteiger partial charge in [-0.2, -0.15) is 0 Å². The molecule has 0 spiro atoms. The maximum atomic E-state index is 13.0. The first-order chi connectivity index (χ1) is 15.4. The zero-order valence-corrected chi connectivity index (χ0v) is 19.1. The van der Waals surface area contributed by atoms with Crippen LogP contribution >= 0.6 is 0 Å². The van der Waals surface area contributed by atoms with Crippen molar-refractivity contribution in [2.24, 2.45) is 0 Å². The van der Waals surface area contributed by atoms with Gasteiger partial charge in [0.1, 0.15) is 5.60 Å². The number of rotatable bonds is 5. The highest BCUT2D eigenvalue weighted by molar-refractivity contribution is 5.69. The van der Waals surface area contributed by atoms with Gasteiger partial charge in [0.25, 0.3) is 0 Å². The van der Waals surface area contributed by atoms with Crippen LogP contribution in [-0.2, 0) is 25.6 Å². The fourth-order valence-electron chi connectivity index (χ4n) is 4.31. The molecule has 0 N–H and O–H groups in total. The first-order valence-electron chi connectivity index (χ1n) is 11.4. The molecule has 0 saturated carbocycles. The van der Waals surface area contributed by atoms with Crippen molar-refractivity contribution in [3.05, 3.63) is 71.8 Å². The number of hydrogen-bond acceptors (Lipinski definition) is 5. The molecule has 2 aromatic carbocycles. The maximum Gasteiger partial charge on any atom is 0.410 e. The largest absolute Gasteiger partial charge is 0.444 e. The molecular weight excluding hydrogens is 406 g/mol. The maximum absolute atomic E-state index is 13.0. The minimum Gasteiger partial charge on any atom is -0.444 e. The Labute approximate surface area is 190 Å². The topological polar surface area (TPSA) is 57.2 Å². The minimum atomic E-state index is -0.562. The van der Waals surface area contributed by atoms with Crippen molar-refractivity contribution >= 4 is 6.09 Å². The predicted molar refractivity (Wildman–Crippen MR) is 121 cm³/mol. The van der Waals surface area contributed by atoms with Crippen LogP contribution in [0.25, 0.3) is 0 Å². The fourth-order valence-corrected chi connectivity index (χ4v) is 4.31. The van der Waals surface area contributed by atoms with Gasteiger partial charge in [-0.25, -0.2) is 4.79 Å². The summed E-state index contributed by atoms with van der Waals surface area (Å²) >= 11 is 0. The number of hydrogen-bond donors (Lipinski definition) is 0. The van der Waals surface area contributed by atoms with Crippen LogP contribution in [0, 0.1) is 0 Å². The van der Waals surface area contributed by atoms with Crippen molar-refractivity contribution in [3.8, 4) is 0 Å². The highest BCUT2D eigenvalue weighted by Gasteiger charge is 2.46. The molecule has 32 heavy (non-hydrogen) atoms. The molecule has 2 aromatic rings. The second-order valence-electron chi connectivity index (χ2n) is 9.36. The third kappa shape index (κ3) is 5.68. The summed E-state index contributed by atoms with van der Waals surface area (Å²) in [6.07, 6.45) is 0.323. The Kier molecular flexibility index (Phi) is 7.13. The van der Waals surface area contributed by atoms with E-state index < -0.39 is 11.9 Å². The molecule has 0 bridgehead atoms. The van der Waals surface area contributed by atoms with Gasteiger partial charge in [0, 0.05) is 12.1 Å². The van der Waals surface area contributed by atoms with Crippen molar-refractivity contribution in [1.82, 2.24) is 4.90 Å². The molecule has 2 fully saturated rings. The summed E-state index contributed by atoms with van der Waals surface area (Å²) in [4.78, 5) is 14.8. The second-order valence-corrected chi connectivity index (χ2v) is 9.36. The van der Waals surface area contributed by atoms with E-state index in [9.17, 15) is 4.79 Å². The number of nitrogens with zero attached hydrogens (tertiary/aromatic N) is 1. The SMILES string of the molecule is CC(C)(C)OC(=O)N1CC[C@@H](OCc2ccccc2)[C@H]1[C@@H]1CCO[C@H](c2ccccc2)O1. The Hall–Kier alpha value is -2.41. The van der Waals surface area contributed by atoms with E-state index in [1.807, 2.05) is 81.4 Å². The second kappa shape index (κ2) is 10.0.